The van der Waals surface area contributed by atoms with E-state index in [1.165, 1.54) is 46.5 Å². The summed E-state index contributed by atoms with van der Waals surface area (Å²) in [7, 11) is 2.06. The van der Waals surface area contributed by atoms with Crippen LogP contribution in [0.4, 0.5) is 5.69 Å². The summed E-state index contributed by atoms with van der Waals surface area (Å²) in [6, 6.07) is 8.86. The van der Waals surface area contributed by atoms with Gasteiger partial charge in [0.25, 0.3) is 0 Å². The van der Waals surface area contributed by atoms with E-state index in [1.54, 1.807) is 10.4 Å². The summed E-state index contributed by atoms with van der Waals surface area (Å²) in [6.07, 6.45) is 3.65. The van der Waals surface area contributed by atoms with Crippen LogP contribution in [-0.4, -0.2) is 12.9 Å². The Balaban J connectivity index is 2.05. The minimum absolute atomic E-state index is 0.398. The Morgan fingerprint density at radius 2 is 1.96 bits per heavy atom. The number of allylic oxidation sites excluding steroid dienone is 1. The minimum atomic E-state index is 0.398. The number of anilines is 1. The number of hydrogen-bond donors (Lipinski definition) is 1. The van der Waals surface area contributed by atoms with E-state index in [1.807, 2.05) is 11.3 Å². The molecule has 0 saturated heterocycles. The van der Waals surface area contributed by atoms with Crippen molar-refractivity contribution in [3.63, 3.8) is 0 Å². The molecule has 1 aromatic carbocycles. The second-order valence-corrected chi connectivity index (χ2v) is 9.10. The number of fused-ring (bicyclic) bond motifs is 1. The number of hydrogen-bond acceptors (Lipinski definition) is 3. The Bertz CT molecular complexity index is 753. The van der Waals surface area contributed by atoms with Crippen molar-refractivity contribution in [3.05, 3.63) is 46.8 Å². The first-order valence-electron chi connectivity index (χ1n) is 8.55. The Kier molecular flexibility index (Phi) is 4.85. The summed E-state index contributed by atoms with van der Waals surface area (Å²) in [5.74, 6) is 0.721. The molecule has 0 radical (unpaired) electrons. The van der Waals surface area contributed by atoms with Gasteiger partial charge in [-0.1, -0.05) is 32.6 Å². The molecule has 0 fully saturated rings. The van der Waals surface area contributed by atoms with Crippen molar-refractivity contribution in [2.45, 2.75) is 40.0 Å². The molecule has 0 bridgehead atoms. The van der Waals surface area contributed by atoms with E-state index in [4.69, 9.17) is 0 Å². The zero-order valence-corrected chi connectivity index (χ0v) is 16.9. The summed E-state index contributed by atoms with van der Waals surface area (Å²) in [5, 5.41) is 0. The van der Waals surface area contributed by atoms with Gasteiger partial charge in [0, 0.05) is 22.5 Å². The highest BCUT2D eigenvalue weighted by Gasteiger charge is 2.30. The molecule has 2 aromatic rings. The van der Waals surface area contributed by atoms with Crippen LogP contribution in [0.3, 0.4) is 0 Å². The standard InChI is InChI=1S/C21H27NS2/c1-14(2)19-17-12-21(3,4)11-10-18(17)24-20(19)15-6-8-16(9-7-15)22(5)13-23/h6-9,23H,1,10-13H2,2-5H3. The van der Waals surface area contributed by atoms with Crippen molar-refractivity contribution < 1.29 is 0 Å². The molecule has 0 aliphatic heterocycles. The highest BCUT2D eigenvalue weighted by molar-refractivity contribution is 7.80. The predicted molar refractivity (Wildman–Crippen MR) is 113 cm³/mol. The molecule has 24 heavy (non-hydrogen) atoms. The van der Waals surface area contributed by atoms with E-state index in [0.29, 0.717) is 5.41 Å². The number of benzene rings is 1. The SMILES string of the molecule is C=C(C)c1c(-c2ccc(N(C)CS)cc2)sc2c1CC(C)(C)CC2. The molecule has 0 atom stereocenters. The fraction of sp³-hybridized carbons (Fsp3) is 0.429. The Hall–Kier alpha value is -1.19. The van der Waals surface area contributed by atoms with Crippen LogP contribution in [0, 0.1) is 5.41 Å². The molecule has 0 unspecified atom stereocenters. The van der Waals surface area contributed by atoms with Crippen molar-refractivity contribution >= 4 is 35.2 Å². The molecular formula is C21H27NS2. The maximum atomic E-state index is 4.35. The lowest BCUT2D eigenvalue weighted by molar-refractivity contribution is 0.317. The summed E-state index contributed by atoms with van der Waals surface area (Å²) in [6.45, 7) is 11.2. The van der Waals surface area contributed by atoms with Crippen LogP contribution >= 0.6 is 24.0 Å². The topological polar surface area (TPSA) is 3.24 Å². The van der Waals surface area contributed by atoms with Crippen LogP contribution < -0.4 is 4.90 Å². The van der Waals surface area contributed by atoms with Crippen molar-refractivity contribution in [3.8, 4) is 10.4 Å². The summed E-state index contributed by atoms with van der Waals surface area (Å²) < 4.78 is 0. The zero-order valence-electron chi connectivity index (χ0n) is 15.1. The fourth-order valence-corrected chi connectivity index (χ4v) is 5.09. The van der Waals surface area contributed by atoms with E-state index < -0.39 is 0 Å². The van der Waals surface area contributed by atoms with Gasteiger partial charge in [-0.25, -0.2) is 0 Å². The van der Waals surface area contributed by atoms with Gasteiger partial charge in [0.1, 0.15) is 0 Å². The van der Waals surface area contributed by atoms with Gasteiger partial charge in [-0.3, -0.25) is 0 Å². The Morgan fingerprint density at radius 1 is 1.29 bits per heavy atom. The van der Waals surface area contributed by atoms with Crippen LogP contribution in [0.25, 0.3) is 16.0 Å². The average Bonchev–Trinajstić information content (AvgIpc) is 2.91. The van der Waals surface area contributed by atoms with Crippen LogP contribution in [0.5, 0.6) is 0 Å². The van der Waals surface area contributed by atoms with E-state index in [2.05, 4.69) is 76.2 Å². The molecular weight excluding hydrogens is 330 g/mol. The van der Waals surface area contributed by atoms with Gasteiger partial charge in [-0.15, -0.1) is 11.3 Å². The Labute approximate surface area is 155 Å². The van der Waals surface area contributed by atoms with Gasteiger partial charge < -0.3 is 4.90 Å². The monoisotopic (exact) mass is 357 g/mol. The van der Waals surface area contributed by atoms with Gasteiger partial charge in [-0.2, -0.15) is 12.6 Å². The molecule has 1 aromatic heterocycles. The van der Waals surface area contributed by atoms with Gasteiger partial charge >= 0.3 is 0 Å². The first-order valence-corrected chi connectivity index (χ1v) is 10.00. The third-order valence-corrected chi connectivity index (χ3v) is 6.75. The van der Waals surface area contributed by atoms with Crippen LogP contribution in [0.15, 0.2) is 30.8 Å². The highest BCUT2D eigenvalue weighted by Crippen LogP contribution is 2.47. The second kappa shape index (κ2) is 6.61. The normalized spacial score (nSPS) is 15.9. The Morgan fingerprint density at radius 3 is 2.54 bits per heavy atom. The van der Waals surface area contributed by atoms with Crippen LogP contribution in [0.1, 0.15) is 43.2 Å². The first kappa shape index (κ1) is 17.6. The van der Waals surface area contributed by atoms with Crippen LogP contribution in [-0.2, 0) is 12.8 Å². The van der Waals surface area contributed by atoms with E-state index in [0.717, 1.165) is 5.88 Å². The third kappa shape index (κ3) is 3.29. The number of nitrogens with zero attached hydrogens (tertiary/aromatic N) is 1. The zero-order chi connectivity index (χ0) is 17.5. The molecule has 1 aliphatic carbocycles. The molecule has 1 heterocycles. The molecule has 3 heteroatoms. The first-order chi connectivity index (χ1) is 11.3. The molecule has 128 valence electrons. The predicted octanol–water partition coefficient (Wildman–Crippen LogP) is 6.29. The quantitative estimate of drug-likeness (QED) is 0.497. The maximum absolute atomic E-state index is 4.35. The van der Waals surface area contributed by atoms with Gasteiger partial charge in [-0.05, 0) is 66.0 Å². The number of thiol groups is 1. The van der Waals surface area contributed by atoms with Crippen molar-refractivity contribution in [2.24, 2.45) is 5.41 Å². The summed E-state index contributed by atoms with van der Waals surface area (Å²) in [4.78, 5) is 5.10. The molecule has 3 rings (SSSR count). The van der Waals surface area contributed by atoms with Crippen molar-refractivity contribution in [1.82, 2.24) is 0 Å². The fourth-order valence-electron chi connectivity index (χ4n) is 3.52. The molecule has 1 nitrogen and oxygen atoms in total. The van der Waals surface area contributed by atoms with E-state index in [9.17, 15) is 0 Å². The van der Waals surface area contributed by atoms with Gasteiger partial charge in [0.2, 0.25) is 0 Å². The van der Waals surface area contributed by atoms with Gasteiger partial charge in [0.05, 0.1) is 5.88 Å². The molecule has 0 N–H and O–H groups in total. The highest BCUT2D eigenvalue weighted by atomic mass is 32.1. The molecule has 0 saturated carbocycles. The largest absolute Gasteiger partial charge is 0.366 e. The number of thiophene rings is 1. The molecule has 0 spiro atoms. The molecule has 1 aliphatic rings. The lowest BCUT2D eigenvalue weighted by atomic mass is 9.75. The van der Waals surface area contributed by atoms with Gasteiger partial charge in [0.15, 0.2) is 0 Å². The van der Waals surface area contributed by atoms with Crippen LogP contribution in [0.2, 0.25) is 0 Å². The van der Waals surface area contributed by atoms with E-state index in [-0.39, 0.29) is 0 Å². The lowest BCUT2D eigenvalue weighted by Gasteiger charge is -2.30. The number of aryl methyl sites for hydroxylation is 1. The van der Waals surface area contributed by atoms with Crippen molar-refractivity contribution in [1.29, 1.82) is 0 Å². The second-order valence-electron chi connectivity index (χ2n) is 7.72. The lowest BCUT2D eigenvalue weighted by Crippen LogP contribution is -2.21. The minimum Gasteiger partial charge on any atom is -0.366 e. The molecule has 0 amide bonds. The smallest absolute Gasteiger partial charge is 0.0606 e. The number of rotatable bonds is 4. The average molecular weight is 358 g/mol. The third-order valence-electron chi connectivity index (χ3n) is 4.98. The summed E-state index contributed by atoms with van der Waals surface area (Å²) in [5.41, 5.74) is 7.05. The maximum Gasteiger partial charge on any atom is 0.0606 e. The van der Waals surface area contributed by atoms with E-state index >= 15 is 0 Å². The summed E-state index contributed by atoms with van der Waals surface area (Å²) >= 11 is 6.32. The van der Waals surface area contributed by atoms with Crippen molar-refractivity contribution in [2.75, 3.05) is 17.8 Å².